The van der Waals surface area contributed by atoms with Gasteiger partial charge >= 0.3 is 12.3 Å². The molecule has 0 aliphatic heterocycles. The molecule has 1 atom stereocenters. The smallest absolute Gasteiger partial charge is 0.340 e. The quantitative estimate of drug-likeness (QED) is 0.584. The summed E-state index contributed by atoms with van der Waals surface area (Å²) in [4.78, 5) is 31.9. The zero-order valence-corrected chi connectivity index (χ0v) is 16.4. The number of pyridine rings is 2. The number of ketones is 1. The van der Waals surface area contributed by atoms with Gasteiger partial charge in [0.05, 0.1) is 12.2 Å². The molecule has 30 heavy (non-hydrogen) atoms. The van der Waals surface area contributed by atoms with Crippen LogP contribution in [0.3, 0.4) is 0 Å². The van der Waals surface area contributed by atoms with E-state index in [1.54, 1.807) is 32.2 Å². The largest absolute Gasteiger partial charge is 0.485 e. The SMILES string of the molecule is CCC(=O)Cc1cc(C(C)NC(=O)c2ccc(OCC(F)(F)C(F)F)cn2)ccn1. The highest BCUT2D eigenvalue weighted by Gasteiger charge is 2.41. The minimum atomic E-state index is -4.28. The van der Waals surface area contributed by atoms with E-state index < -0.39 is 30.9 Å². The Morgan fingerprint density at radius 1 is 1.20 bits per heavy atom. The number of halogens is 4. The lowest BCUT2D eigenvalue weighted by Crippen LogP contribution is -2.33. The third-order valence-corrected chi connectivity index (χ3v) is 4.18. The fourth-order valence-corrected chi connectivity index (χ4v) is 2.39. The van der Waals surface area contributed by atoms with Gasteiger partial charge in [0.25, 0.3) is 5.91 Å². The first kappa shape index (κ1) is 23.2. The van der Waals surface area contributed by atoms with Crippen molar-refractivity contribution in [1.82, 2.24) is 15.3 Å². The van der Waals surface area contributed by atoms with Gasteiger partial charge in [-0.25, -0.2) is 13.8 Å². The standard InChI is InChI=1S/C20H21F4N3O3/c1-3-15(28)9-14-8-13(6-7-25-14)12(2)27-18(29)17-5-4-16(10-26-17)30-11-20(23,24)19(21)22/h4-8,10,12,19H,3,9,11H2,1-2H3,(H,27,29). The summed E-state index contributed by atoms with van der Waals surface area (Å²) in [6, 6.07) is 5.44. The van der Waals surface area contributed by atoms with Crippen molar-refractivity contribution in [2.24, 2.45) is 0 Å². The Morgan fingerprint density at radius 3 is 2.53 bits per heavy atom. The van der Waals surface area contributed by atoms with Gasteiger partial charge in [-0.05, 0) is 36.8 Å². The van der Waals surface area contributed by atoms with Crippen LogP contribution in [0.5, 0.6) is 5.75 Å². The van der Waals surface area contributed by atoms with Crippen LogP contribution in [0.2, 0.25) is 0 Å². The van der Waals surface area contributed by atoms with Gasteiger partial charge in [-0.2, -0.15) is 8.78 Å². The van der Waals surface area contributed by atoms with Gasteiger partial charge in [0.2, 0.25) is 0 Å². The van der Waals surface area contributed by atoms with Crippen molar-refractivity contribution < 1.29 is 31.9 Å². The van der Waals surface area contributed by atoms with Gasteiger partial charge in [0.15, 0.2) is 6.61 Å². The van der Waals surface area contributed by atoms with E-state index in [0.717, 1.165) is 11.8 Å². The fourth-order valence-electron chi connectivity index (χ4n) is 2.39. The summed E-state index contributed by atoms with van der Waals surface area (Å²) in [6.45, 7) is 2.01. The first-order valence-electron chi connectivity index (χ1n) is 9.14. The van der Waals surface area contributed by atoms with Crippen LogP contribution >= 0.6 is 0 Å². The molecule has 0 aromatic carbocycles. The lowest BCUT2D eigenvalue weighted by atomic mass is 10.1. The maximum atomic E-state index is 12.9. The van der Waals surface area contributed by atoms with Crippen molar-refractivity contribution in [2.75, 3.05) is 6.61 Å². The molecule has 0 radical (unpaired) electrons. The molecular weight excluding hydrogens is 406 g/mol. The first-order valence-corrected chi connectivity index (χ1v) is 9.14. The number of Topliss-reactive ketones (excluding diaryl/α,β-unsaturated/α-hetero) is 1. The Morgan fingerprint density at radius 2 is 1.93 bits per heavy atom. The van der Waals surface area contributed by atoms with Crippen LogP contribution in [0.25, 0.3) is 0 Å². The molecule has 10 heteroatoms. The molecule has 2 aromatic heterocycles. The predicted molar refractivity (Wildman–Crippen MR) is 99.8 cm³/mol. The number of nitrogens with one attached hydrogen (secondary N) is 1. The molecule has 2 heterocycles. The highest BCUT2D eigenvalue weighted by atomic mass is 19.3. The third-order valence-electron chi connectivity index (χ3n) is 4.18. The average Bonchev–Trinajstić information content (AvgIpc) is 2.72. The zero-order chi connectivity index (χ0) is 22.3. The molecule has 0 aliphatic carbocycles. The summed E-state index contributed by atoms with van der Waals surface area (Å²) in [5.41, 5.74) is 1.33. The maximum absolute atomic E-state index is 12.9. The van der Waals surface area contributed by atoms with Crippen LogP contribution in [-0.2, 0) is 11.2 Å². The second kappa shape index (κ2) is 10.1. The molecule has 6 nitrogen and oxygen atoms in total. The summed E-state index contributed by atoms with van der Waals surface area (Å²) in [7, 11) is 0. The Hall–Kier alpha value is -3.04. The van der Waals surface area contributed by atoms with Gasteiger partial charge in [-0.1, -0.05) is 6.92 Å². The summed E-state index contributed by atoms with van der Waals surface area (Å²) < 4.78 is 54.6. The number of hydrogen-bond acceptors (Lipinski definition) is 5. The minimum Gasteiger partial charge on any atom is -0.485 e. The number of ether oxygens (including phenoxy) is 1. The van der Waals surface area contributed by atoms with Crippen molar-refractivity contribution in [3.05, 3.63) is 53.6 Å². The van der Waals surface area contributed by atoms with Gasteiger partial charge in [0, 0.05) is 24.7 Å². The number of nitrogens with zero attached hydrogens (tertiary/aromatic N) is 2. The molecule has 0 spiro atoms. The molecule has 0 fully saturated rings. The molecule has 0 saturated heterocycles. The first-order chi connectivity index (χ1) is 14.1. The Balaban J connectivity index is 1.97. The van der Waals surface area contributed by atoms with E-state index >= 15 is 0 Å². The monoisotopic (exact) mass is 427 g/mol. The van der Waals surface area contributed by atoms with Crippen LogP contribution in [0, 0.1) is 0 Å². The van der Waals surface area contributed by atoms with E-state index in [-0.39, 0.29) is 23.6 Å². The van der Waals surface area contributed by atoms with Crippen LogP contribution in [0.4, 0.5) is 17.6 Å². The summed E-state index contributed by atoms with van der Waals surface area (Å²) >= 11 is 0. The van der Waals surface area contributed by atoms with Crippen molar-refractivity contribution in [1.29, 1.82) is 0 Å². The number of amides is 1. The topological polar surface area (TPSA) is 81.2 Å². The summed E-state index contributed by atoms with van der Waals surface area (Å²) in [5.74, 6) is -4.93. The van der Waals surface area contributed by atoms with Gasteiger partial charge in [0.1, 0.15) is 17.2 Å². The molecule has 2 aromatic rings. The summed E-state index contributed by atoms with van der Waals surface area (Å²) in [5, 5.41) is 2.72. The molecule has 2 rings (SSSR count). The van der Waals surface area contributed by atoms with E-state index in [9.17, 15) is 27.2 Å². The normalized spacial score (nSPS) is 12.5. The molecule has 162 valence electrons. The average molecular weight is 427 g/mol. The fraction of sp³-hybridized carbons (Fsp3) is 0.400. The van der Waals surface area contributed by atoms with E-state index in [2.05, 4.69) is 20.0 Å². The van der Waals surface area contributed by atoms with Crippen LogP contribution < -0.4 is 10.1 Å². The Kier molecular flexibility index (Phi) is 7.85. The number of hydrogen-bond donors (Lipinski definition) is 1. The van der Waals surface area contributed by atoms with Crippen molar-refractivity contribution in [3.63, 3.8) is 0 Å². The van der Waals surface area contributed by atoms with Gasteiger partial charge < -0.3 is 10.1 Å². The molecule has 1 N–H and O–H groups in total. The molecular formula is C20H21F4N3O3. The van der Waals surface area contributed by atoms with Crippen LogP contribution in [0.15, 0.2) is 36.7 Å². The van der Waals surface area contributed by atoms with Crippen LogP contribution in [-0.4, -0.2) is 40.6 Å². The molecule has 0 aliphatic rings. The predicted octanol–water partition coefficient (Wildman–Crippen LogP) is 3.77. The van der Waals surface area contributed by atoms with E-state index in [4.69, 9.17) is 0 Å². The number of aromatic nitrogens is 2. The van der Waals surface area contributed by atoms with E-state index in [1.807, 2.05) is 0 Å². The number of alkyl halides is 4. The highest BCUT2D eigenvalue weighted by molar-refractivity contribution is 5.92. The molecule has 1 unspecified atom stereocenters. The van der Waals surface area contributed by atoms with E-state index in [0.29, 0.717) is 12.1 Å². The maximum Gasteiger partial charge on any atom is 0.340 e. The number of carbonyl (C=O) groups excluding carboxylic acids is 2. The lowest BCUT2D eigenvalue weighted by molar-refractivity contribution is -0.148. The second-order valence-electron chi connectivity index (χ2n) is 6.57. The molecule has 0 saturated carbocycles. The van der Waals surface area contributed by atoms with Crippen molar-refractivity contribution in [2.45, 2.75) is 45.1 Å². The van der Waals surface area contributed by atoms with Gasteiger partial charge in [-0.3, -0.25) is 14.6 Å². The number of rotatable bonds is 10. The number of carbonyl (C=O) groups is 2. The zero-order valence-electron chi connectivity index (χ0n) is 16.4. The van der Waals surface area contributed by atoms with Crippen molar-refractivity contribution >= 4 is 11.7 Å². The van der Waals surface area contributed by atoms with Crippen molar-refractivity contribution in [3.8, 4) is 5.75 Å². The second-order valence-corrected chi connectivity index (χ2v) is 6.57. The molecule has 1 amide bonds. The van der Waals surface area contributed by atoms with Gasteiger partial charge in [-0.15, -0.1) is 0 Å². The Bertz CT molecular complexity index is 876. The van der Waals surface area contributed by atoms with Crippen LogP contribution in [0.1, 0.15) is 48.1 Å². The molecule has 0 bridgehead atoms. The third kappa shape index (κ3) is 6.50. The Labute approximate surface area is 170 Å². The summed E-state index contributed by atoms with van der Waals surface area (Å²) in [6.07, 6.45) is -0.675. The van der Waals surface area contributed by atoms with E-state index in [1.165, 1.54) is 12.1 Å². The minimum absolute atomic E-state index is 0.00902. The highest BCUT2D eigenvalue weighted by Crippen LogP contribution is 2.24. The lowest BCUT2D eigenvalue weighted by Gasteiger charge is -2.16.